The fourth-order valence-corrected chi connectivity index (χ4v) is 0.503. The van der Waals surface area contributed by atoms with E-state index in [0.29, 0.717) is 6.42 Å². The first kappa shape index (κ1) is 10.3. The third-order valence-corrected chi connectivity index (χ3v) is 0.835. The first-order valence-corrected chi connectivity index (χ1v) is 3.22. The van der Waals surface area contributed by atoms with Crippen molar-refractivity contribution in [2.75, 3.05) is 0 Å². The van der Waals surface area contributed by atoms with E-state index < -0.39 is 5.97 Å². The highest BCUT2D eigenvalue weighted by atomic mass is 16.4. The summed E-state index contributed by atoms with van der Waals surface area (Å²) in [6.45, 7) is 1.08. The topological polar surface area (TPSA) is 83.5 Å². The molecule has 0 aromatic heterocycles. The fraction of sp³-hybridized carbons (Fsp3) is 0.286. The Morgan fingerprint density at radius 3 is 2.33 bits per heavy atom. The maximum Gasteiger partial charge on any atom is 0.300 e. The van der Waals surface area contributed by atoms with E-state index in [9.17, 15) is 9.59 Å². The van der Waals surface area contributed by atoms with E-state index in [1.165, 1.54) is 6.08 Å². The SMILES string of the molecule is CC(=O)O.O=C1C=CCC(=O)N1. The van der Waals surface area contributed by atoms with Crippen LogP contribution in [-0.4, -0.2) is 22.9 Å². The van der Waals surface area contributed by atoms with Crippen molar-refractivity contribution in [3.63, 3.8) is 0 Å². The highest BCUT2D eigenvalue weighted by molar-refractivity contribution is 6.03. The monoisotopic (exact) mass is 171 g/mol. The number of aliphatic carboxylic acids is 1. The number of hydrogen-bond acceptors (Lipinski definition) is 3. The summed E-state index contributed by atoms with van der Waals surface area (Å²) in [5, 5.41) is 9.53. The molecular formula is C7H9NO4. The second-order valence-electron chi connectivity index (χ2n) is 2.04. The zero-order chi connectivity index (χ0) is 9.56. The summed E-state index contributed by atoms with van der Waals surface area (Å²) < 4.78 is 0. The van der Waals surface area contributed by atoms with Crippen LogP contribution in [0.2, 0.25) is 0 Å². The van der Waals surface area contributed by atoms with Crippen molar-refractivity contribution in [1.82, 2.24) is 5.32 Å². The van der Waals surface area contributed by atoms with Gasteiger partial charge in [-0.1, -0.05) is 6.08 Å². The molecule has 0 fully saturated rings. The van der Waals surface area contributed by atoms with E-state index in [1.807, 2.05) is 0 Å². The van der Waals surface area contributed by atoms with Crippen LogP contribution in [0.25, 0.3) is 0 Å². The van der Waals surface area contributed by atoms with Crippen LogP contribution in [0.1, 0.15) is 13.3 Å². The lowest BCUT2D eigenvalue weighted by Gasteiger charge is -2.00. The molecule has 0 atom stereocenters. The molecule has 0 spiro atoms. The summed E-state index contributed by atoms with van der Waals surface area (Å²) in [6, 6.07) is 0. The molecule has 1 heterocycles. The van der Waals surface area contributed by atoms with Crippen LogP contribution in [0.15, 0.2) is 12.2 Å². The van der Waals surface area contributed by atoms with Gasteiger partial charge in [0.15, 0.2) is 0 Å². The normalized spacial score (nSPS) is 14.4. The molecule has 0 radical (unpaired) electrons. The van der Waals surface area contributed by atoms with Gasteiger partial charge >= 0.3 is 0 Å². The van der Waals surface area contributed by atoms with Crippen LogP contribution in [0.3, 0.4) is 0 Å². The molecule has 5 heteroatoms. The zero-order valence-electron chi connectivity index (χ0n) is 6.53. The fourth-order valence-electron chi connectivity index (χ4n) is 0.503. The highest BCUT2D eigenvalue weighted by Crippen LogP contribution is 1.89. The average molecular weight is 171 g/mol. The van der Waals surface area contributed by atoms with Crippen molar-refractivity contribution < 1.29 is 19.5 Å². The number of carbonyl (C=O) groups is 3. The molecule has 0 aliphatic carbocycles. The van der Waals surface area contributed by atoms with Gasteiger partial charge in [-0.15, -0.1) is 0 Å². The van der Waals surface area contributed by atoms with Gasteiger partial charge in [-0.25, -0.2) is 0 Å². The van der Waals surface area contributed by atoms with Crippen molar-refractivity contribution >= 4 is 17.8 Å². The highest BCUT2D eigenvalue weighted by Gasteiger charge is 2.06. The molecule has 1 aliphatic rings. The van der Waals surface area contributed by atoms with Crippen molar-refractivity contribution in [1.29, 1.82) is 0 Å². The molecule has 5 nitrogen and oxygen atoms in total. The Hall–Kier alpha value is -1.65. The minimum atomic E-state index is -0.833. The van der Waals surface area contributed by atoms with E-state index in [4.69, 9.17) is 9.90 Å². The number of carboxylic acid groups (broad SMARTS) is 1. The standard InChI is InChI=1S/C5H5NO2.C2H4O2/c7-4-2-1-3-5(8)6-4;1-2(3)4/h1-2H,3H2,(H,6,7,8);1H3,(H,3,4). The van der Waals surface area contributed by atoms with Gasteiger partial charge in [-0.3, -0.25) is 19.7 Å². The smallest absolute Gasteiger partial charge is 0.300 e. The van der Waals surface area contributed by atoms with E-state index in [2.05, 4.69) is 5.32 Å². The molecule has 1 aliphatic heterocycles. The zero-order valence-corrected chi connectivity index (χ0v) is 6.53. The van der Waals surface area contributed by atoms with Gasteiger partial charge in [0.2, 0.25) is 11.8 Å². The van der Waals surface area contributed by atoms with E-state index >= 15 is 0 Å². The lowest BCUT2D eigenvalue weighted by molar-refractivity contribution is -0.134. The molecule has 2 N–H and O–H groups in total. The largest absolute Gasteiger partial charge is 0.481 e. The second-order valence-corrected chi connectivity index (χ2v) is 2.04. The minimum Gasteiger partial charge on any atom is -0.481 e. The number of imide groups is 1. The van der Waals surface area contributed by atoms with Gasteiger partial charge in [0, 0.05) is 13.3 Å². The minimum absolute atomic E-state index is 0.225. The number of carbonyl (C=O) groups excluding carboxylic acids is 2. The Balaban J connectivity index is 0.000000261. The molecule has 0 aromatic carbocycles. The number of hydrogen-bond donors (Lipinski definition) is 2. The molecule has 1 rings (SSSR count). The quantitative estimate of drug-likeness (QED) is 0.489. The van der Waals surface area contributed by atoms with Gasteiger partial charge < -0.3 is 5.11 Å². The lowest BCUT2D eigenvalue weighted by atomic mass is 10.3. The van der Waals surface area contributed by atoms with Crippen LogP contribution in [0.5, 0.6) is 0 Å². The van der Waals surface area contributed by atoms with E-state index in [0.717, 1.165) is 6.92 Å². The predicted octanol–water partition coefficient (Wildman–Crippen LogP) is -0.320. The summed E-state index contributed by atoms with van der Waals surface area (Å²) in [4.78, 5) is 29.5. The Kier molecular flexibility index (Phi) is 4.36. The summed E-state index contributed by atoms with van der Waals surface area (Å²) in [6.07, 6.45) is 3.22. The predicted molar refractivity (Wildman–Crippen MR) is 40.2 cm³/mol. The molecule has 12 heavy (non-hydrogen) atoms. The average Bonchev–Trinajstić information content (AvgIpc) is 1.84. The second kappa shape index (κ2) is 5.06. The first-order valence-electron chi connectivity index (χ1n) is 3.22. The molecule has 66 valence electrons. The summed E-state index contributed by atoms with van der Waals surface area (Å²) in [7, 11) is 0. The number of carboxylic acids is 1. The molecule has 2 amide bonds. The van der Waals surface area contributed by atoms with Gasteiger partial charge in [0.1, 0.15) is 0 Å². The van der Waals surface area contributed by atoms with Crippen LogP contribution in [0.4, 0.5) is 0 Å². The first-order chi connectivity index (χ1) is 5.52. The summed E-state index contributed by atoms with van der Waals surface area (Å²) in [5.41, 5.74) is 0. The van der Waals surface area contributed by atoms with Crippen LogP contribution in [-0.2, 0) is 14.4 Å². The van der Waals surface area contributed by atoms with Crippen LogP contribution < -0.4 is 5.32 Å². The molecule has 0 unspecified atom stereocenters. The Bertz CT molecular complexity index is 228. The Morgan fingerprint density at radius 2 is 2.08 bits per heavy atom. The molecule has 0 aromatic rings. The number of amides is 2. The Morgan fingerprint density at radius 1 is 1.58 bits per heavy atom. The van der Waals surface area contributed by atoms with Crippen molar-refractivity contribution in [2.24, 2.45) is 0 Å². The number of rotatable bonds is 0. The molecule has 0 bridgehead atoms. The molecule has 0 saturated carbocycles. The maximum absolute atomic E-state index is 10.3. The van der Waals surface area contributed by atoms with Gasteiger partial charge in [0.05, 0.1) is 0 Å². The van der Waals surface area contributed by atoms with E-state index in [-0.39, 0.29) is 11.8 Å². The maximum atomic E-state index is 10.3. The van der Waals surface area contributed by atoms with Crippen LogP contribution >= 0.6 is 0 Å². The third-order valence-electron chi connectivity index (χ3n) is 0.835. The van der Waals surface area contributed by atoms with Crippen molar-refractivity contribution in [3.05, 3.63) is 12.2 Å². The van der Waals surface area contributed by atoms with Crippen LogP contribution in [0, 0.1) is 0 Å². The van der Waals surface area contributed by atoms with Gasteiger partial charge in [-0.05, 0) is 6.08 Å². The summed E-state index contributed by atoms with van der Waals surface area (Å²) >= 11 is 0. The molecular weight excluding hydrogens is 162 g/mol. The molecule has 0 saturated heterocycles. The number of nitrogens with one attached hydrogen (secondary N) is 1. The van der Waals surface area contributed by atoms with Crippen molar-refractivity contribution in [3.8, 4) is 0 Å². The third kappa shape index (κ3) is 6.47. The lowest BCUT2D eigenvalue weighted by Crippen LogP contribution is -2.30. The Labute approximate surface area is 69.1 Å². The summed E-state index contributed by atoms with van der Waals surface area (Å²) in [5.74, 6) is -1.38. The van der Waals surface area contributed by atoms with Gasteiger partial charge in [0.25, 0.3) is 5.97 Å². The van der Waals surface area contributed by atoms with Gasteiger partial charge in [-0.2, -0.15) is 0 Å². The van der Waals surface area contributed by atoms with Crippen molar-refractivity contribution in [2.45, 2.75) is 13.3 Å². The van der Waals surface area contributed by atoms with E-state index in [1.54, 1.807) is 6.08 Å².